The van der Waals surface area contributed by atoms with Crippen LogP contribution in [0.4, 0.5) is 0 Å². The van der Waals surface area contributed by atoms with Gasteiger partial charge in [-0.05, 0) is 118 Å². The standard InChI is InChI=1S/C29H48O2/c1-29(2,27-13-9-23(10-14-27)25-7-3-5-21(17-25)19-30)28-15-11-24(12-16-28)26-8-4-6-22(18-26)20-31/h19-28H,3-18H2,1-2H3. The molecule has 4 aliphatic carbocycles. The highest BCUT2D eigenvalue weighted by molar-refractivity contribution is 5.53. The van der Waals surface area contributed by atoms with Crippen LogP contribution < -0.4 is 0 Å². The molecule has 0 bridgehead atoms. The van der Waals surface area contributed by atoms with Crippen LogP contribution in [-0.2, 0) is 9.59 Å². The van der Waals surface area contributed by atoms with Gasteiger partial charge in [-0.1, -0.05) is 39.5 Å². The average Bonchev–Trinajstić information content (AvgIpc) is 2.84. The molecule has 4 aliphatic rings. The van der Waals surface area contributed by atoms with E-state index in [1.165, 1.54) is 102 Å². The second-order valence-corrected chi connectivity index (χ2v) is 12.7. The van der Waals surface area contributed by atoms with Gasteiger partial charge in [-0.15, -0.1) is 0 Å². The van der Waals surface area contributed by atoms with Crippen LogP contribution in [0.1, 0.15) is 117 Å². The third-order valence-corrected chi connectivity index (χ3v) is 10.9. The second-order valence-electron chi connectivity index (χ2n) is 12.7. The summed E-state index contributed by atoms with van der Waals surface area (Å²) in [5.74, 6) is 5.94. The van der Waals surface area contributed by atoms with Gasteiger partial charge >= 0.3 is 0 Å². The SMILES string of the molecule is CC(C)(C1CCC(C2CCCC(C=O)C2)CC1)C1CCC(C2CCCC(C=O)C2)CC1. The summed E-state index contributed by atoms with van der Waals surface area (Å²) >= 11 is 0. The molecule has 0 radical (unpaired) electrons. The van der Waals surface area contributed by atoms with Gasteiger partial charge < -0.3 is 9.59 Å². The highest BCUT2D eigenvalue weighted by atomic mass is 16.1. The fourth-order valence-corrected chi connectivity index (χ4v) is 8.64. The summed E-state index contributed by atoms with van der Waals surface area (Å²) in [7, 11) is 0. The Balaban J connectivity index is 1.25. The van der Waals surface area contributed by atoms with Gasteiger partial charge in [0.2, 0.25) is 0 Å². The van der Waals surface area contributed by atoms with Gasteiger partial charge in [-0.3, -0.25) is 0 Å². The zero-order chi connectivity index (χ0) is 21.8. The van der Waals surface area contributed by atoms with Crippen molar-refractivity contribution in [1.29, 1.82) is 0 Å². The largest absolute Gasteiger partial charge is 0.303 e. The second kappa shape index (κ2) is 10.5. The van der Waals surface area contributed by atoms with Crippen LogP contribution in [0, 0.1) is 52.8 Å². The maximum absolute atomic E-state index is 11.3. The van der Waals surface area contributed by atoms with Crippen LogP contribution in [0.5, 0.6) is 0 Å². The summed E-state index contributed by atoms with van der Waals surface area (Å²) < 4.78 is 0. The molecule has 4 saturated carbocycles. The lowest BCUT2D eigenvalue weighted by molar-refractivity contribution is -0.113. The lowest BCUT2D eigenvalue weighted by Crippen LogP contribution is -2.39. The molecule has 4 fully saturated rings. The third-order valence-electron chi connectivity index (χ3n) is 10.9. The summed E-state index contributed by atoms with van der Waals surface area (Å²) in [6.07, 6.45) is 23.7. The zero-order valence-corrected chi connectivity index (χ0v) is 20.4. The summed E-state index contributed by atoms with van der Waals surface area (Å²) in [6, 6.07) is 0. The van der Waals surface area contributed by atoms with Gasteiger partial charge in [0.15, 0.2) is 0 Å². The van der Waals surface area contributed by atoms with E-state index in [0.29, 0.717) is 17.3 Å². The Hall–Kier alpha value is -0.660. The van der Waals surface area contributed by atoms with Crippen molar-refractivity contribution < 1.29 is 9.59 Å². The first-order chi connectivity index (χ1) is 15.0. The van der Waals surface area contributed by atoms with Gasteiger partial charge in [0.25, 0.3) is 0 Å². The maximum Gasteiger partial charge on any atom is 0.123 e. The van der Waals surface area contributed by atoms with Crippen molar-refractivity contribution in [3.05, 3.63) is 0 Å². The van der Waals surface area contributed by atoms with Crippen LogP contribution in [0.3, 0.4) is 0 Å². The zero-order valence-electron chi connectivity index (χ0n) is 20.4. The van der Waals surface area contributed by atoms with E-state index in [-0.39, 0.29) is 0 Å². The fourth-order valence-electron chi connectivity index (χ4n) is 8.64. The highest BCUT2D eigenvalue weighted by Gasteiger charge is 2.42. The van der Waals surface area contributed by atoms with Crippen LogP contribution >= 0.6 is 0 Å². The molecule has 176 valence electrons. The molecule has 0 spiro atoms. The van der Waals surface area contributed by atoms with E-state index in [4.69, 9.17) is 0 Å². The maximum atomic E-state index is 11.3. The molecule has 0 aliphatic heterocycles. The minimum atomic E-state index is 0.356. The molecule has 31 heavy (non-hydrogen) atoms. The molecule has 0 N–H and O–H groups in total. The van der Waals surface area contributed by atoms with Gasteiger partial charge in [-0.2, -0.15) is 0 Å². The van der Waals surface area contributed by atoms with Gasteiger partial charge in [0.05, 0.1) is 0 Å². The predicted molar refractivity (Wildman–Crippen MR) is 128 cm³/mol. The van der Waals surface area contributed by atoms with Crippen molar-refractivity contribution in [3.63, 3.8) is 0 Å². The Morgan fingerprint density at radius 1 is 0.516 bits per heavy atom. The lowest BCUT2D eigenvalue weighted by Gasteiger charge is -2.48. The smallest absolute Gasteiger partial charge is 0.123 e. The molecule has 0 heterocycles. The van der Waals surface area contributed by atoms with Gasteiger partial charge in [-0.25, -0.2) is 0 Å². The number of rotatable bonds is 6. The van der Waals surface area contributed by atoms with E-state index in [9.17, 15) is 9.59 Å². The molecule has 0 aromatic heterocycles. The van der Waals surface area contributed by atoms with Crippen molar-refractivity contribution in [2.75, 3.05) is 0 Å². The first-order valence-corrected chi connectivity index (χ1v) is 13.9. The van der Waals surface area contributed by atoms with E-state index < -0.39 is 0 Å². The molecule has 2 nitrogen and oxygen atoms in total. The molecular formula is C29H48O2. The number of hydrogen-bond donors (Lipinski definition) is 0. The summed E-state index contributed by atoms with van der Waals surface area (Å²) in [4.78, 5) is 22.6. The highest BCUT2D eigenvalue weighted by Crippen LogP contribution is 2.53. The number of carbonyl (C=O) groups is 2. The van der Waals surface area contributed by atoms with Crippen LogP contribution in [-0.4, -0.2) is 12.6 Å². The quantitative estimate of drug-likeness (QED) is 0.407. The van der Waals surface area contributed by atoms with Crippen LogP contribution in [0.25, 0.3) is 0 Å². The van der Waals surface area contributed by atoms with E-state index in [1.54, 1.807) is 0 Å². The van der Waals surface area contributed by atoms with Crippen molar-refractivity contribution in [2.45, 2.75) is 117 Å². The summed E-state index contributed by atoms with van der Waals surface area (Å²) in [5.41, 5.74) is 0.478. The molecule has 4 atom stereocenters. The van der Waals surface area contributed by atoms with Crippen LogP contribution in [0.15, 0.2) is 0 Å². The number of carbonyl (C=O) groups excluding carboxylic acids is 2. The Labute approximate surface area is 191 Å². The molecule has 4 rings (SSSR count). The summed E-state index contributed by atoms with van der Waals surface area (Å²) in [6.45, 7) is 5.18. The predicted octanol–water partition coefficient (Wildman–Crippen LogP) is 7.64. The molecule has 0 aromatic carbocycles. The van der Waals surface area contributed by atoms with Gasteiger partial charge in [0, 0.05) is 11.8 Å². The Kier molecular flexibility index (Phi) is 7.97. The number of aldehydes is 2. The third kappa shape index (κ3) is 5.47. The molecule has 0 amide bonds. The minimum Gasteiger partial charge on any atom is -0.303 e. The Morgan fingerprint density at radius 2 is 0.903 bits per heavy atom. The molecule has 0 aromatic rings. The van der Waals surface area contributed by atoms with E-state index in [0.717, 1.165) is 48.3 Å². The number of hydrogen-bond acceptors (Lipinski definition) is 2. The molecule has 4 unspecified atom stereocenters. The fraction of sp³-hybridized carbons (Fsp3) is 0.931. The molecule has 2 heteroatoms. The molecular weight excluding hydrogens is 380 g/mol. The minimum absolute atomic E-state index is 0.356. The van der Waals surface area contributed by atoms with E-state index in [2.05, 4.69) is 13.8 Å². The molecule has 0 saturated heterocycles. The average molecular weight is 429 g/mol. The summed E-state index contributed by atoms with van der Waals surface area (Å²) in [5, 5.41) is 0. The first-order valence-electron chi connectivity index (χ1n) is 13.9. The Bertz CT molecular complexity index is 530. The Morgan fingerprint density at radius 3 is 1.26 bits per heavy atom. The first kappa shape index (κ1) is 23.5. The monoisotopic (exact) mass is 428 g/mol. The van der Waals surface area contributed by atoms with E-state index >= 15 is 0 Å². The van der Waals surface area contributed by atoms with Crippen molar-refractivity contribution in [1.82, 2.24) is 0 Å². The lowest BCUT2D eigenvalue weighted by atomic mass is 9.57. The van der Waals surface area contributed by atoms with Crippen molar-refractivity contribution >= 4 is 12.6 Å². The van der Waals surface area contributed by atoms with Crippen molar-refractivity contribution in [2.24, 2.45) is 52.8 Å². The van der Waals surface area contributed by atoms with Crippen LogP contribution in [0.2, 0.25) is 0 Å². The normalized spacial score (nSPS) is 42.6. The van der Waals surface area contributed by atoms with E-state index in [1.807, 2.05) is 0 Å². The van der Waals surface area contributed by atoms with Crippen molar-refractivity contribution in [3.8, 4) is 0 Å². The van der Waals surface area contributed by atoms with Gasteiger partial charge in [0.1, 0.15) is 12.6 Å². The topological polar surface area (TPSA) is 34.1 Å².